The summed E-state index contributed by atoms with van der Waals surface area (Å²) in [6.07, 6.45) is 6.70. The van der Waals surface area contributed by atoms with Crippen molar-refractivity contribution in [3.8, 4) is 0 Å². The van der Waals surface area contributed by atoms with Gasteiger partial charge in [0.1, 0.15) is 0 Å². The first-order valence-corrected chi connectivity index (χ1v) is 6.99. The predicted octanol–water partition coefficient (Wildman–Crippen LogP) is 4.57. The van der Waals surface area contributed by atoms with Gasteiger partial charge in [0, 0.05) is 6.04 Å². The van der Waals surface area contributed by atoms with Crippen LogP contribution >= 0.6 is 0 Å². The zero-order valence-electron chi connectivity index (χ0n) is 12.6. The van der Waals surface area contributed by atoms with Crippen molar-refractivity contribution >= 4 is 0 Å². The number of rotatable bonds is 7. The third kappa shape index (κ3) is 5.89. The average molecular weight is 227 g/mol. The Labute approximate surface area is 104 Å². The lowest BCUT2D eigenvalue weighted by atomic mass is 9.75. The van der Waals surface area contributed by atoms with Gasteiger partial charge in [-0.15, -0.1) is 0 Å². The molecule has 0 radical (unpaired) electrons. The maximum atomic E-state index is 2.42. The van der Waals surface area contributed by atoms with Gasteiger partial charge in [-0.3, -0.25) is 0 Å². The quantitative estimate of drug-likeness (QED) is 0.616. The van der Waals surface area contributed by atoms with Crippen LogP contribution in [0.4, 0.5) is 0 Å². The van der Waals surface area contributed by atoms with Crippen LogP contribution in [0.1, 0.15) is 66.7 Å². The molecule has 0 saturated heterocycles. The van der Waals surface area contributed by atoms with Crippen LogP contribution in [-0.2, 0) is 0 Å². The van der Waals surface area contributed by atoms with Crippen LogP contribution in [-0.4, -0.2) is 25.0 Å². The fraction of sp³-hybridized carbons (Fsp3) is 1.00. The lowest BCUT2D eigenvalue weighted by Crippen LogP contribution is -2.33. The maximum Gasteiger partial charge on any atom is 0.00920 e. The summed E-state index contributed by atoms with van der Waals surface area (Å²) in [5.41, 5.74) is 0.454. The first-order chi connectivity index (χ1) is 7.32. The van der Waals surface area contributed by atoms with Crippen molar-refractivity contribution in [2.24, 2.45) is 11.3 Å². The topological polar surface area (TPSA) is 3.24 Å². The molecule has 0 aromatic rings. The van der Waals surface area contributed by atoms with E-state index in [-0.39, 0.29) is 0 Å². The van der Waals surface area contributed by atoms with E-state index in [0.29, 0.717) is 5.41 Å². The van der Waals surface area contributed by atoms with Crippen molar-refractivity contribution < 1.29 is 0 Å². The van der Waals surface area contributed by atoms with E-state index >= 15 is 0 Å². The molecule has 0 spiro atoms. The lowest BCUT2D eigenvalue weighted by molar-refractivity contribution is 0.151. The van der Waals surface area contributed by atoms with Crippen molar-refractivity contribution in [3.05, 3.63) is 0 Å². The van der Waals surface area contributed by atoms with Crippen molar-refractivity contribution in [3.63, 3.8) is 0 Å². The second kappa shape index (κ2) is 7.32. The number of unbranched alkanes of at least 4 members (excludes halogenated alkanes) is 1. The largest absolute Gasteiger partial charge is 0.306 e. The van der Waals surface area contributed by atoms with E-state index in [9.17, 15) is 0 Å². The highest BCUT2D eigenvalue weighted by molar-refractivity contribution is 4.79. The van der Waals surface area contributed by atoms with Gasteiger partial charge in [0.05, 0.1) is 0 Å². The summed E-state index contributed by atoms with van der Waals surface area (Å²) >= 11 is 0. The highest BCUT2D eigenvalue weighted by atomic mass is 15.1. The van der Waals surface area contributed by atoms with E-state index in [1.165, 1.54) is 32.1 Å². The molecule has 0 bridgehead atoms. The Morgan fingerprint density at radius 3 is 1.94 bits per heavy atom. The molecule has 16 heavy (non-hydrogen) atoms. The first kappa shape index (κ1) is 16.0. The van der Waals surface area contributed by atoms with E-state index in [4.69, 9.17) is 0 Å². The molecule has 2 unspecified atom stereocenters. The van der Waals surface area contributed by atoms with Crippen LogP contribution in [0, 0.1) is 11.3 Å². The molecule has 0 aliphatic rings. The zero-order valence-corrected chi connectivity index (χ0v) is 12.6. The Balaban J connectivity index is 4.35. The summed E-state index contributed by atoms with van der Waals surface area (Å²) in [6.45, 7) is 11.8. The monoisotopic (exact) mass is 227 g/mol. The zero-order chi connectivity index (χ0) is 12.8. The van der Waals surface area contributed by atoms with Crippen LogP contribution < -0.4 is 0 Å². The molecule has 0 aliphatic heterocycles. The molecule has 1 heteroatoms. The van der Waals surface area contributed by atoms with Gasteiger partial charge >= 0.3 is 0 Å². The smallest absolute Gasteiger partial charge is 0.00920 e. The minimum atomic E-state index is 0.454. The van der Waals surface area contributed by atoms with Gasteiger partial charge in [-0.1, -0.05) is 53.9 Å². The Morgan fingerprint density at radius 2 is 1.62 bits per heavy atom. The second-order valence-corrected chi connectivity index (χ2v) is 6.47. The van der Waals surface area contributed by atoms with Crippen LogP contribution in [0.2, 0.25) is 0 Å². The van der Waals surface area contributed by atoms with Gasteiger partial charge in [0.2, 0.25) is 0 Å². The number of hydrogen-bond donors (Lipinski definition) is 0. The minimum absolute atomic E-state index is 0.454. The van der Waals surface area contributed by atoms with E-state index in [1.807, 2.05) is 0 Å². The van der Waals surface area contributed by atoms with E-state index in [2.05, 4.69) is 53.6 Å². The Kier molecular flexibility index (Phi) is 7.30. The molecule has 0 rings (SSSR count). The van der Waals surface area contributed by atoms with Crippen molar-refractivity contribution in [2.45, 2.75) is 72.8 Å². The lowest BCUT2D eigenvalue weighted by Gasteiger charge is -2.35. The van der Waals surface area contributed by atoms with Crippen LogP contribution in [0.15, 0.2) is 0 Å². The molecule has 0 saturated carbocycles. The van der Waals surface area contributed by atoms with Gasteiger partial charge in [-0.05, 0) is 38.3 Å². The predicted molar refractivity (Wildman–Crippen MR) is 74.9 cm³/mol. The Hall–Kier alpha value is -0.0400. The average Bonchev–Trinajstić information content (AvgIpc) is 2.15. The van der Waals surface area contributed by atoms with Gasteiger partial charge < -0.3 is 4.90 Å². The highest BCUT2D eigenvalue weighted by Gasteiger charge is 2.26. The Bertz CT molecular complexity index is 167. The van der Waals surface area contributed by atoms with Gasteiger partial charge in [-0.25, -0.2) is 0 Å². The van der Waals surface area contributed by atoms with E-state index in [1.54, 1.807) is 0 Å². The van der Waals surface area contributed by atoms with Gasteiger partial charge in [0.15, 0.2) is 0 Å². The normalized spacial score (nSPS) is 16.5. The summed E-state index contributed by atoms with van der Waals surface area (Å²) in [6, 6.07) is 0.768. The molecule has 98 valence electrons. The number of hydrogen-bond acceptors (Lipinski definition) is 1. The molecule has 0 fully saturated rings. The van der Waals surface area contributed by atoms with Gasteiger partial charge in [0.25, 0.3) is 0 Å². The van der Waals surface area contributed by atoms with Crippen molar-refractivity contribution in [1.82, 2.24) is 4.90 Å². The summed E-state index contributed by atoms with van der Waals surface area (Å²) in [4.78, 5) is 2.42. The summed E-state index contributed by atoms with van der Waals surface area (Å²) in [7, 11) is 4.46. The molecule has 2 atom stereocenters. The van der Waals surface area contributed by atoms with Crippen LogP contribution in [0.3, 0.4) is 0 Å². The molecular formula is C15H33N. The summed E-state index contributed by atoms with van der Waals surface area (Å²) < 4.78 is 0. The molecule has 0 aliphatic carbocycles. The molecule has 1 nitrogen and oxygen atoms in total. The van der Waals surface area contributed by atoms with Gasteiger partial charge in [-0.2, -0.15) is 0 Å². The third-order valence-corrected chi connectivity index (χ3v) is 3.90. The minimum Gasteiger partial charge on any atom is -0.306 e. The fourth-order valence-electron chi connectivity index (χ4n) is 2.49. The van der Waals surface area contributed by atoms with Crippen LogP contribution in [0.5, 0.6) is 0 Å². The molecule has 0 aromatic carbocycles. The summed E-state index contributed by atoms with van der Waals surface area (Å²) in [5, 5.41) is 0. The Morgan fingerprint density at radius 1 is 1.06 bits per heavy atom. The highest BCUT2D eigenvalue weighted by Crippen LogP contribution is 2.33. The van der Waals surface area contributed by atoms with Crippen molar-refractivity contribution in [1.29, 1.82) is 0 Å². The molecular weight excluding hydrogens is 194 g/mol. The summed E-state index contributed by atoms with van der Waals surface area (Å²) in [5.74, 6) is 0.844. The second-order valence-electron chi connectivity index (χ2n) is 6.47. The maximum absolute atomic E-state index is 2.42. The van der Waals surface area contributed by atoms with E-state index in [0.717, 1.165) is 12.0 Å². The molecule has 0 amide bonds. The van der Waals surface area contributed by atoms with E-state index < -0.39 is 0 Å². The molecule has 0 heterocycles. The first-order valence-electron chi connectivity index (χ1n) is 6.99. The standard InChI is InChI=1S/C15H33N/c1-8-10-11-14(16(6)7)12-13(9-2)15(3,4)5/h13-14H,8-12H2,1-7H3. The fourth-order valence-corrected chi connectivity index (χ4v) is 2.49. The molecule has 0 aromatic heterocycles. The molecule has 0 N–H and O–H groups in total. The third-order valence-electron chi connectivity index (χ3n) is 3.90. The SMILES string of the molecule is CCCCC(CC(CC)C(C)(C)C)N(C)C. The van der Waals surface area contributed by atoms with Crippen LogP contribution in [0.25, 0.3) is 0 Å². The number of nitrogens with zero attached hydrogens (tertiary/aromatic N) is 1. The van der Waals surface area contributed by atoms with Crippen molar-refractivity contribution in [2.75, 3.05) is 14.1 Å².